The van der Waals surface area contributed by atoms with E-state index in [1.54, 1.807) is 17.3 Å². The first-order chi connectivity index (χ1) is 11.9. The lowest BCUT2D eigenvalue weighted by Gasteiger charge is -2.30. The van der Waals surface area contributed by atoms with Gasteiger partial charge in [0.15, 0.2) is 9.86 Å². The van der Waals surface area contributed by atoms with Gasteiger partial charge < -0.3 is 0 Å². The van der Waals surface area contributed by atoms with Gasteiger partial charge >= 0.3 is 0 Å². The molecule has 0 aromatic carbocycles. The molecule has 10 heteroatoms. The minimum atomic E-state index is -3.44. The molecule has 1 aliphatic rings. The van der Waals surface area contributed by atoms with Crippen molar-refractivity contribution in [3.63, 3.8) is 0 Å². The van der Waals surface area contributed by atoms with Crippen LogP contribution in [-0.4, -0.2) is 50.0 Å². The Morgan fingerprint density at radius 1 is 1.20 bits per heavy atom. The molecular weight excluding hydrogens is 360 g/mol. The van der Waals surface area contributed by atoms with Crippen LogP contribution in [0.15, 0.2) is 22.7 Å². The minimum Gasteiger partial charge on any atom is -0.213 e. The summed E-state index contributed by atoms with van der Waals surface area (Å²) in [4.78, 5) is 4.14. The van der Waals surface area contributed by atoms with Gasteiger partial charge in [-0.2, -0.15) is 13.8 Å². The predicted octanol–water partition coefficient (Wildman–Crippen LogP) is 1.77. The molecule has 0 bridgehead atoms. The fourth-order valence-corrected chi connectivity index (χ4v) is 5.81. The molecule has 0 atom stereocenters. The van der Waals surface area contributed by atoms with Crippen molar-refractivity contribution in [2.24, 2.45) is 0 Å². The van der Waals surface area contributed by atoms with E-state index in [0.29, 0.717) is 17.3 Å². The summed E-state index contributed by atoms with van der Waals surface area (Å²) in [6, 6.07) is 3.61. The zero-order valence-electron chi connectivity index (χ0n) is 14.0. The molecule has 0 radical (unpaired) electrons. The first kappa shape index (κ1) is 16.6. The zero-order valence-corrected chi connectivity index (χ0v) is 15.6. The highest BCUT2D eigenvalue weighted by Gasteiger charge is 2.32. The lowest BCUT2D eigenvalue weighted by Crippen LogP contribution is -2.38. The summed E-state index contributed by atoms with van der Waals surface area (Å²) in [6.07, 6.45) is 2.97. The van der Waals surface area contributed by atoms with E-state index in [1.807, 2.05) is 13.0 Å². The largest absolute Gasteiger partial charge is 0.254 e. The van der Waals surface area contributed by atoms with Crippen LogP contribution >= 0.6 is 11.5 Å². The van der Waals surface area contributed by atoms with Crippen molar-refractivity contribution >= 4 is 27.2 Å². The van der Waals surface area contributed by atoms with E-state index in [-0.39, 0.29) is 5.92 Å². The van der Waals surface area contributed by atoms with Crippen molar-refractivity contribution < 1.29 is 8.42 Å². The van der Waals surface area contributed by atoms with Gasteiger partial charge in [0.05, 0.1) is 11.4 Å². The van der Waals surface area contributed by atoms with E-state index in [2.05, 4.69) is 19.6 Å². The van der Waals surface area contributed by atoms with Crippen molar-refractivity contribution in [1.29, 1.82) is 0 Å². The number of hydrogen-bond acceptors (Lipinski definition) is 7. The van der Waals surface area contributed by atoms with E-state index in [1.165, 1.54) is 11.0 Å². The molecule has 8 nitrogen and oxygen atoms in total. The van der Waals surface area contributed by atoms with E-state index >= 15 is 0 Å². The molecule has 4 heterocycles. The van der Waals surface area contributed by atoms with E-state index in [9.17, 15) is 8.42 Å². The first-order valence-electron chi connectivity index (χ1n) is 8.06. The van der Waals surface area contributed by atoms with Crippen LogP contribution in [-0.2, 0) is 10.0 Å². The van der Waals surface area contributed by atoms with Crippen LogP contribution in [0.2, 0.25) is 0 Å². The van der Waals surface area contributed by atoms with Crippen LogP contribution in [0.5, 0.6) is 0 Å². The summed E-state index contributed by atoms with van der Waals surface area (Å²) in [6.45, 7) is 4.79. The summed E-state index contributed by atoms with van der Waals surface area (Å²) in [5.74, 6) is 0.225. The Hall–Kier alpha value is -1.91. The maximum absolute atomic E-state index is 12.7. The van der Waals surface area contributed by atoms with Gasteiger partial charge in [-0.1, -0.05) is 0 Å². The van der Waals surface area contributed by atoms with Crippen molar-refractivity contribution in [1.82, 2.24) is 28.5 Å². The van der Waals surface area contributed by atoms with E-state index < -0.39 is 10.0 Å². The maximum Gasteiger partial charge on any atom is 0.254 e. The Kier molecular flexibility index (Phi) is 4.05. The average Bonchev–Trinajstić information content (AvgIpc) is 3.23. The highest BCUT2D eigenvalue weighted by Crippen LogP contribution is 2.32. The number of fused-ring (bicyclic) bond motifs is 1. The Labute approximate surface area is 149 Å². The number of rotatable bonds is 3. The molecule has 0 unspecified atom stereocenters. The van der Waals surface area contributed by atoms with E-state index in [4.69, 9.17) is 0 Å². The monoisotopic (exact) mass is 378 g/mol. The number of sulfonamides is 1. The molecule has 1 saturated heterocycles. The summed E-state index contributed by atoms with van der Waals surface area (Å²) in [7, 11) is -3.44. The average molecular weight is 378 g/mol. The summed E-state index contributed by atoms with van der Waals surface area (Å²) in [5.41, 5.74) is 3.50. The molecule has 3 aromatic heterocycles. The summed E-state index contributed by atoms with van der Waals surface area (Å²) < 4.78 is 32.9. The Bertz CT molecular complexity index is 1020. The van der Waals surface area contributed by atoms with Gasteiger partial charge in [0.2, 0.25) is 0 Å². The van der Waals surface area contributed by atoms with Crippen LogP contribution in [0.25, 0.3) is 5.65 Å². The molecule has 0 aliphatic carbocycles. The molecule has 0 amide bonds. The van der Waals surface area contributed by atoms with Crippen LogP contribution < -0.4 is 0 Å². The molecule has 3 aromatic rings. The normalized spacial score (nSPS) is 17.4. The smallest absolute Gasteiger partial charge is 0.213 e. The molecule has 0 spiro atoms. The number of aromatic nitrogens is 5. The van der Waals surface area contributed by atoms with Gasteiger partial charge in [0.25, 0.3) is 10.0 Å². The highest BCUT2D eigenvalue weighted by molar-refractivity contribution is 7.91. The number of piperidine rings is 1. The van der Waals surface area contributed by atoms with Gasteiger partial charge in [-0.15, -0.1) is 9.73 Å². The molecule has 0 saturated carbocycles. The van der Waals surface area contributed by atoms with Crippen LogP contribution in [0.3, 0.4) is 0 Å². The molecule has 4 rings (SSSR count). The predicted molar refractivity (Wildman–Crippen MR) is 93.1 cm³/mol. The molecular formula is C15H18N6O2S2. The van der Waals surface area contributed by atoms with Crippen molar-refractivity contribution in [2.45, 2.75) is 36.8 Å². The second-order valence-corrected chi connectivity index (χ2v) is 9.26. The number of aryl methyl sites for hydroxylation is 2. The third kappa shape index (κ3) is 2.94. The minimum absolute atomic E-state index is 0.225. The Balaban J connectivity index is 1.53. The van der Waals surface area contributed by atoms with Crippen molar-refractivity contribution in [2.75, 3.05) is 13.1 Å². The third-order valence-corrected chi connectivity index (χ3v) is 7.75. The van der Waals surface area contributed by atoms with Gasteiger partial charge in [0.1, 0.15) is 6.33 Å². The van der Waals surface area contributed by atoms with Crippen LogP contribution in [0.1, 0.15) is 35.7 Å². The summed E-state index contributed by atoms with van der Waals surface area (Å²) >= 11 is 1.04. The second-order valence-electron chi connectivity index (χ2n) is 6.29. The number of nitrogens with zero attached hydrogens (tertiary/aromatic N) is 6. The molecule has 1 aliphatic heterocycles. The topological polar surface area (TPSA) is 93.4 Å². The second kappa shape index (κ2) is 6.11. The third-order valence-electron chi connectivity index (χ3n) is 4.55. The zero-order chi connectivity index (χ0) is 17.6. The van der Waals surface area contributed by atoms with Crippen molar-refractivity contribution in [3.8, 4) is 0 Å². The first-order valence-corrected chi connectivity index (χ1v) is 10.3. The Morgan fingerprint density at radius 2 is 1.96 bits per heavy atom. The number of hydrogen-bond donors (Lipinski definition) is 0. The van der Waals surface area contributed by atoms with Crippen molar-refractivity contribution in [3.05, 3.63) is 35.4 Å². The Morgan fingerprint density at radius 3 is 2.64 bits per heavy atom. The molecule has 132 valence electrons. The maximum atomic E-state index is 12.7. The van der Waals surface area contributed by atoms with E-state index in [0.717, 1.165) is 47.0 Å². The summed E-state index contributed by atoms with van der Waals surface area (Å²) in [5, 5.41) is 8.67. The van der Waals surface area contributed by atoms with Gasteiger partial charge in [-0.05, 0) is 55.9 Å². The van der Waals surface area contributed by atoms with Gasteiger partial charge in [-0.25, -0.2) is 13.4 Å². The lowest BCUT2D eigenvalue weighted by molar-refractivity contribution is 0.315. The highest BCUT2D eigenvalue weighted by atomic mass is 32.2. The van der Waals surface area contributed by atoms with Gasteiger partial charge in [0, 0.05) is 19.0 Å². The molecule has 0 N–H and O–H groups in total. The van der Waals surface area contributed by atoms with Crippen LogP contribution in [0, 0.1) is 13.8 Å². The van der Waals surface area contributed by atoms with Crippen LogP contribution in [0.4, 0.5) is 0 Å². The fourth-order valence-electron chi connectivity index (χ4n) is 3.23. The molecule has 1 fully saturated rings. The fraction of sp³-hybridized carbons (Fsp3) is 0.467. The SMILES string of the molecule is Cc1cc(S(=O)(=O)N2CCC(c3nn4ncnc4cc3C)CC2)sn1. The van der Waals surface area contributed by atoms with Gasteiger partial charge in [-0.3, -0.25) is 0 Å². The quantitative estimate of drug-likeness (QED) is 0.689. The standard InChI is InChI=1S/C15H18N6O2S2/c1-10-7-13-16-9-17-21(13)18-15(10)12-3-5-20(6-4-12)25(22,23)14-8-11(2)19-24-14/h7-9,12H,3-6H2,1-2H3. The molecule has 25 heavy (non-hydrogen) atoms. The lowest BCUT2D eigenvalue weighted by atomic mass is 9.92.